The van der Waals surface area contributed by atoms with E-state index in [0.717, 1.165) is 18.9 Å². The Morgan fingerprint density at radius 3 is 2.48 bits per heavy atom. The molecule has 1 aromatic carbocycles. The summed E-state index contributed by atoms with van der Waals surface area (Å²) in [7, 11) is 0. The minimum absolute atomic E-state index is 0.0804. The fourth-order valence-corrected chi connectivity index (χ4v) is 3.84. The zero-order valence-electron chi connectivity index (χ0n) is 17.3. The van der Waals surface area contributed by atoms with Crippen LogP contribution in [0.3, 0.4) is 0 Å². The standard InChI is InChI=1S/C22H24Cl2F3N3O/c1-13-7-9-30(10-8-13)20-16(4-6-19(29-20)22(25,26)27)12-28-21(31)14(2)15-3-5-17(23)18(24)11-15/h3-6,11,13-14H,7-10,12H2,1-2H3,(H,28,31). The van der Waals surface area contributed by atoms with Crippen molar-refractivity contribution < 1.29 is 18.0 Å². The number of nitrogens with one attached hydrogen (secondary N) is 1. The summed E-state index contributed by atoms with van der Waals surface area (Å²) in [4.78, 5) is 18.5. The minimum atomic E-state index is -4.53. The monoisotopic (exact) mass is 473 g/mol. The number of alkyl halides is 3. The van der Waals surface area contributed by atoms with Gasteiger partial charge in [-0.15, -0.1) is 0 Å². The van der Waals surface area contributed by atoms with E-state index in [1.165, 1.54) is 6.07 Å². The molecule has 0 radical (unpaired) electrons. The molecule has 31 heavy (non-hydrogen) atoms. The number of aromatic nitrogens is 1. The molecule has 0 bridgehead atoms. The normalized spacial score (nSPS) is 16.3. The highest BCUT2D eigenvalue weighted by Crippen LogP contribution is 2.32. The van der Waals surface area contributed by atoms with E-state index >= 15 is 0 Å². The van der Waals surface area contributed by atoms with Gasteiger partial charge < -0.3 is 10.2 Å². The number of amides is 1. The summed E-state index contributed by atoms with van der Waals surface area (Å²) in [6.07, 6.45) is -2.75. The van der Waals surface area contributed by atoms with E-state index in [4.69, 9.17) is 23.2 Å². The molecule has 1 aliphatic rings. The number of hydrogen-bond acceptors (Lipinski definition) is 3. The van der Waals surface area contributed by atoms with Crippen LogP contribution in [0.4, 0.5) is 19.0 Å². The SMILES string of the molecule is CC1CCN(c2nc(C(F)(F)F)ccc2CNC(=O)C(C)c2ccc(Cl)c(Cl)c2)CC1. The quantitative estimate of drug-likeness (QED) is 0.573. The summed E-state index contributed by atoms with van der Waals surface area (Å²) >= 11 is 12.0. The first-order chi connectivity index (χ1) is 14.6. The number of carbonyl (C=O) groups is 1. The van der Waals surface area contributed by atoms with Crippen molar-refractivity contribution in [2.45, 2.75) is 45.3 Å². The molecule has 4 nitrogen and oxygen atoms in total. The zero-order valence-corrected chi connectivity index (χ0v) is 18.8. The average Bonchev–Trinajstić information content (AvgIpc) is 2.73. The lowest BCUT2D eigenvalue weighted by atomic mass is 9.98. The summed E-state index contributed by atoms with van der Waals surface area (Å²) in [5.74, 6) is 0.0365. The third-order valence-electron chi connectivity index (χ3n) is 5.62. The van der Waals surface area contributed by atoms with Crippen LogP contribution < -0.4 is 10.2 Å². The Morgan fingerprint density at radius 1 is 1.19 bits per heavy atom. The number of hydrogen-bond donors (Lipinski definition) is 1. The number of rotatable bonds is 5. The number of pyridine rings is 1. The van der Waals surface area contributed by atoms with Crippen molar-refractivity contribution in [2.75, 3.05) is 18.0 Å². The van der Waals surface area contributed by atoms with Crippen molar-refractivity contribution in [2.24, 2.45) is 5.92 Å². The van der Waals surface area contributed by atoms with Gasteiger partial charge >= 0.3 is 6.18 Å². The fourth-order valence-electron chi connectivity index (χ4n) is 3.54. The van der Waals surface area contributed by atoms with Crippen molar-refractivity contribution in [3.05, 3.63) is 57.2 Å². The summed E-state index contributed by atoms with van der Waals surface area (Å²) < 4.78 is 39.7. The van der Waals surface area contributed by atoms with Gasteiger partial charge in [-0.25, -0.2) is 4.98 Å². The lowest BCUT2D eigenvalue weighted by Crippen LogP contribution is -2.35. The smallest absolute Gasteiger partial charge is 0.356 e. The molecule has 1 aliphatic heterocycles. The molecule has 1 aromatic heterocycles. The number of benzene rings is 1. The van der Waals surface area contributed by atoms with Crippen molar-refractivity contribution in [3.63, 3.8) is 0 Å². The number of nitrogens with zero attached hydrogens (tertiary/aromatic N) is 2. The zero-order chi connectivity index (χ0) is 22.8. The molecule has 3 rings (SSSR count). The van der Waals surface area contributed by atoms with Crippen molar-refractivity contribution in [1.29, 1.82) is 0 Å². The first kappa shape index (κ1) is 23.7. The van der Waals surface area contributed by atoms with Crippen molar-refractivity contribution >= 4 is 34.9 Å². The minimum Gasteiger partial charge on any atom is -0.356 e. The maximum absolute atomic E-state index is 13.2. The molecule has 168 valence electrons. The van der Waals surface area contributed by atoms with Gasteiger partial charge in [0.15, 0.2) is 0 Å². The second-order valence-corrected chi connectivity index (χ2v) is 8.77. The molecule has 1 N–H and O–H groups in total. The van der Waals surface area contributed by atoms with Crippen LogP contribution in [0.5, 0.6) is 0 Å². The van der Waals surface area contributed by atoms with E-state index in [-0.39, 0.29) is 18.3 Å². The van der Waals surface area contributed by atoms with E-state index < -0.39 is 17.8 Å². The van der Waals surface area contributed by atoms with Crippen LogP contribution in [-0.4, -0.2) is 24.0 Å². The largest absolute Gasteiger partial charge is 0.433 e. The van der Waals surface area contributed by atoms with Gasteiger partial charge in [0.05, 0.1) is 16.0 Å². The van der Waals surface area contributed by atoms with Crippen LogP contribution >= 0.6 is 23.2 Å². The third-order valence-corrected chi connectivity index (χ3v) is 6.36. The molecule has 1 unspecified atom stereocenters. The molecule has 2 heterocycles. The Balaban J connectivity index is 1.78. The molecule has 1 saturated heterocycles. The third kappa shape index (κ3) is 5.83. The molecule has 0 saturated carbocycles. The summed E-state index contributed by atoms with van der Waals surface area (Å²) in [6.45, 7) is 5.21. The predicted octanol–water partition coefficient (Wildman–Crippen LogP) is 6.06. The van der Waals surface area contributed by atoms with Crippen LogP contribution in [-0.2, 0) is 17.5 Å². The van der Waals surface area contributed by atoms with Crippen LogP contribution in [0.1, 0.15) is 49.4 Å². The molecule has 2 aromatic rings. The Kier molecular flexibility index (Phi) is 7.37. The van der Waals surface area contributed by atoms with Gasteiger partial charge in [0.1, 0.15) is 11.5 Å². The Morgan fingerprint density at radius 2 is 1.87 bits per heavy atom. The number of carbonyl (C=O) groups excluding carboxylic acids is 1. The number of anilines is 1. The molecular weight excluding hydrogens is 450 g/mol. The highest BCUT2D eigenvalue weighted by molar-refractivity contribution is 6.42. The second kappa shape index (κ2) is 9.65. The van der Waals surface area contributed by atoms with E-state index in [1.54, 1.807) is 25.1 Å². The van der Waals surface area contributed by atoms with Gasteiger partial charge in [-0.1, -0.05) is 42.3 Å². The van der Waals surface area contributed by atoms with Crippen molar-refractivity contribution in [1.82, 2.24) is 10.3 Å². The molecular formula is C22H24Cl2F3N3O. The van der Waals surface area contributed by atoms with Crippen LogP contribution in [0.25, 0.3) is 0 Å². The van der Waals surface area contributed by atoms with E-state index in [1.807, 2.05) is 4.90 Å². The summed E-state index contributed by atoms with van der Waals surface area (Å²) in [5, 5.41) is 3.57. The molecule has 0 spiro atoms. The second-order valence-electron chi connectivity index (χ2n) is 7.96. The van der Waals surface area contributed by atoms with Crippen LogP contribution in [0.15, 0.2) is 30.3 Å². The first-order valence-electron chi connectivity index (χ1n) is 10.1. The topological polar surface area (TPSA) is 45.2 Å². The highest BCUT2D eigenvalue weighted by Gasteiger charge is 2.34. The average molecular weight is 474 g/mol. The van der Waals surface area contributed by atoms with Crippen LogP contribution in [0.2, 0.25) is 10.0 Å². The lowest BCUT2D eigenvalue weighted by molar-refractivity contribution is -0.141. The van der Waals surface area contributed by atoms with Gasteiger partial charge in [-0.05, 0) is 49.4 Å². The fraction of sp³-hybridized carbons (Fsp3) is 0.455. The lowest BCUT2D eigenvalue weighted by Gasteiger charge is -2.33. The Bertz CT molecular complexity index is 944. The Hall–Kier alpha value is -1.99. The summed E-state index contributed by atoms with van der Waals surface area (Å²) in [6, 6.07) is 7.33. The molecule has 0 aliphatic carbocycles. The van der Waals surface area contributed by atoms with Gasteiger partial charge in [0, 0.05) is 25.2 Å². The number of halogens is 5. The van der Waals surface area contributed by atoms with Crippen LogP contribution in [0, 0.1) is 5.92 Å². The maximum atomic E-state index is 13.2. The predicted molar refractivity (Wildman–Crippen MR) is 117 cm³/mol. The Labute approximate surface area is 189 Å². The number of piperidine rings is 1. The van der Waals surface area contributed by atoms with Crippen molar-refractivity contribution in [3.8, 4) is 0 Å². The molecule has 9 heteroatoms. The molecule has 1 atom stereocenters. The highest BCUT2D eigenvalue weighted by atomic mass is 35.5. The van der Waals surface area contributed by atoms with Gasteiger partial charge in [-0.3, -0.25) is 4.79 Å². The van der Waals surface area contributed by atoms with E-state index in [9.17, 15) is 18.0 Å². The van der Waals surface area contributed by atoms with Gasteiger partial charge in [-0.2, -0.15) is 13.2 Å². The van der Waals surface area contributed by atoms with Gasteiger partial charge in [0.25, 0.3) is 0 Å². The maximum Gasteiger partial charge on any atom is 0.433 e. The molecule has 1 amide bonds. The summed E-state index contributed by atoms with van der Waals surface area (Å²) in [5.41, 5.74) is 0.320. The van der Waals surface area contributed by atoms with E-state index in [0.29, 0.717) is 40.2 Å². The van der Waals surface area contributed by atoms with Gasteiger partial charge in [0.2, 0.25) is 5.91 Å². The first-order valence-corrected chi connectivity index (χ1v) is 10.9. The van der Waals surface area contributed by atoms with E-state index in [2.05, 4.69) is 17.2 Å². The molecule has 1 fully saturated rings.